The number of hydrogen-bond acceptors (Lipinski definition) is 2. The predicted molar refractivity (Wildman–Crippen MR) is 76.1 cm³/mol. The first-order chi connectivity index (χ1) is 8.54. The molecule has 0 rings (SSSR count). The van der Waals surface area contributed by atoms with Crippen LogP contribution >= 0.6 is 0 Å². The molecule has 0 aromatic heterocycles. The number of carbonyl (C=O) groups excluding carboxylic acids is 1. The summed E-state index contributed by atoms with van der Waals surface area (Å²) in [6.45, 7) is 11.5. The standard InChI is InChI=1S/C14H28N2O3/c1-9(2)7-8-10(3)15-13(19)16-11(12(17)18)14(4,5)6/h9-11H,7-8H2,1-6H3,(H,17,18)(H2,15,16,19). The highest BCUT2D eigenvalue weighted by atomic mass is 16.4. The fourth-order valence-corrected chi connectivity index (χ4v) is 1.70. The summed E-state index contributed by atoms with van der Waals surface area (Å²) in [4.78, 5) is 22.9. The van der Waals surface area contributed by atoms with Crippen LogP contribution in [0.4, 0.5) is 4.79 Å². The lowest BCUT2D eigenvalue weighted by atomic mass is 9.87. The Kier molecular flexibility index (Phi) is 6.87. The number of carbonyl (C=O) groups is 2. The van der Waals surface area contributed by atoms with Gasteiger partial charge in [-0.05, 0) is 31.1 Å². The second-order valence-corrected chi connectivity index (χ2v) is 6.63. The third-order valence-corrected chi connectivity index (χ3v) is 2.94. The summed E-state index contributed by atoms with van der Waals surface area (Å²) in [7, 11) is 0. The van der Waals surface area contributed by atoms with Crippen LogP contribution in [0, 0.1) is 11.3 Å². The van der Waals surface area contributed by atoms with E-state index in [0.717, 1.165) is 12.8 Å². The zero-order valence-electron chi connectivity index (χ0n) is 12.9. The van der Waals surface area contributed by atoms with E-state index in [0.29, 0.717) is 5.92 Å². The van der Waals surface area contributed by atoms with Crippen molar-refractivity contribution < 1.29 is 14.7 Å². The molecule has 0 spiro atoms. The van der Waals surface area contributed by atoms with Crippen LogP contribution in [0.5, 0.6) is 0 Å². The average Bonchev–Trinajstić information content (AvgIpc) is 2.21. The molecule has 2 unspecified atom stereocenters. The van der Waals surface area contributed by atoms with Gasteiger partial charge in [0, 0.05) is 6.04 Å². The molecule has 3 N–H and O–H groups in total. The molecule has 112 valence electrons. The third-order valence-electron chi connectivity index (χ3n) is 2.94. The number of amides is 2. The highest BCUT2D eigenvalue weighted by molar-refractivity contribution is 5.83. The van der Waals surface area contributed by atoms with E-state index in [1.54, 1.807) is 20.8 Å². The van der Waals surface area contributed by atoms with Crippen LogP contribution in [-0.2, 0) is 4.79 Å². The maximum Gasteiger partial charge on any atom is 0.326 e. The Hall–Kier alpha value is -1.26. The number of hydrogen-bond donors (Lipinski definition) is 3. The van der Waals surface area contributed by atoms with Crippen molar-refractivity contribution in [3.8, 4) is 0 Å². The Morgan fingerprint density at radius 2 is 1.58 bits per heavy atom. The van der Waals surface area contributed by atoms with Crippen molar-refractivity contribution in [1.82, 2.24) is 10.6 Å². The molecule has 0 heterocycles. The summed E-state index contributed by atoms with van der Waals surface area (Å²) in [6, 6.07) is -1.28. The van der Waals surface area contributed by atoms with E-state index in [-0.39, 0.29) is 6.04 Å². The molecule has 0 saturated carbocycles. The van der Waals surface area contributed by atoms with Gasteiger partial charge in [0.05, 0.1) is 0 Å². The molecule has 0 aliphatic carbocycles. The fourth-order valence-electron chi connectivity index (χ4n) is 1.70. The average molecular weight is 272 g/mol. The minimum atomic E-state index is -1.02. The summed E-state index contributed by atoms with van der Waals surface area (Å²) in [6.07, 6.45) is 1.92. The Bertz CT molecular complexity index is 308. The Balaban J connectivity index is 4.32. The van der Waals surface area contributed by atoms with E-state index < -0.39 is 23.5 Å². The SMILES string of the molecule is CC(C)CCC(C)NC(=O)NC(C(=O)O)C(C)(C)C. The molecule has 0 radical (unpaired) electrons. The largest absolute Gasteiger partial charge is 0.480 e. The molecule has 5 nitrogen and oxygen atoms in total. The van der Waals surface area contributed by atoms with Crippen LogP contribution in [0.1, 0.15) is 54.4 Å². The normalized spacial score (nSPS) is 14.9. The molecule has 0 bridgehead atoms. The van der Waals surface area contributed by atoms with E-state index in [4.69, 9.17) is 5.11 Å². The van der Waals surface area contributed by atoms with E-state index in [1.165, 1.54) is 0 Å². The van der Waals surface area contributed by atoms with Gasteiger partial charge < -0.3 is 15.7 Å². The van der Waals surface area contributed by atoms with Crippen molar-refractivity contribution in [3.63, 3.8) is 0 Å². The van der Waals surface area contributed by atoms with Gasteiger partial charge in [-0.3, -0.25) is 0 Å². The lowest BCUT2D eigenvalue weighted by Gasteiger charge is -2.28. The quantitative estimate of drug-likeness (QED) is 0.695. The summed E-state index contributed by atoms with van der Waals surface area (Å²) >= 11 is 0. The second-order valence-electron chi connectivity index (χ2n) is 6.63. The molecule has 5 heteroatoms. The van der Waals surface area contributed by atoms with Crippen molar-refractivity contribution in [1.29, 1.82) is 0 Å². The zero-order valence-corrected chi connectivity index (χ0v) is 12.9. The molecule has 0 aromatic rings. The minimum absolute atomic E-state index is 0.0387. The highest BCUT2D eigenvalue weighted by Gasteiger charge is 2.32. The first kappa shape index (κ1) is 17.7. The topological polar surface area (TPSA) is 78.4 Å². The summed E-state index contributed by atoms with van der Waals surface area (Å²) in [5.74, 6) is -0.425. The number of carboxylic acid groups (broad SMARTS) is 1. The molecule has 0 fully saturated rings. The van der Waals surface area contributed by atoms with E-state index in [9.17, 15) is 9.59 Å². The molecule has 0 aliphatic rings. The maximum absolute atomic E-state index is 11.8. The first-order valence-electron chi connectivity index (χ1n) is 6.84. The summed E-state index contributed by atoms with van der Waals surface area (Å²) in [5, 5.41) is 14.4. The summed E-state index contributed by atoms with van der Waals surface area (Å²) < 4.78 is 0. The lowest BCUT2D eigenvalue weighted by molar-refractivity contribution is -0.141. The van der Waals surface area contributed by atoms with Crippen LogP contribution in [-0.4, -0.2) is 29.2 Å². The van der Waals surface area contributed by atoms with Crippen molar-refractivity contribution in [2.75, 3.05) is 0 Å². The van der Waals surface area contributed by atoms with Crippen molar-refractivity contribution in [2.24, 2.45) is 11.3 Å². The summed E-state index contributed by atoms with van der Waals surface area (Å²) in [5.41, 5.74) is -0.523. The van der Waals surface area contributed by atoms with Crippen LogP contribution in [0.15, 0.2) is 0 Å². The van der Waals surface area contributed by atoms with Crippen LogP contribution in [0.2, 0.25) is 0 Å². The number of nitrogens with one attached hydrogen (secondary N) is 2. The van der Waals surface area contributed by atoms with Gasteiger partial charge in [0.25, 0.3) is 0 Å². The van der Waals surface area contributed by atoms with Crippen LogP contribution < -0.4 is 10.6 Å². The van der Waals surface area contributed by atoms with Crippen molar-refractivity contribution in [2.45, 2.75) is 66.5 Å². The first-order valence-corrected chi connectivity index (χ1v) is 6.84. The molecule has 0 saturated heterocycles. The van der Waals surface area contributed by atoms with Gasteiger partial charge >= 0.3 is 12.0 Å². The van der Waals surface area contributed by atoms with Gasteiger partial charge in [-0.15, -0.1) is 0 Å². The Morgan fingerprint density at radius 3 is 1.95 bits per heavy atom. The number of carboxylic acids is 1. The molecular formula is C14H28N2O3. The molecule has 0 aromatic carbocycles. The van der Waals surface area contributed by atoms with Crippen molar-refractivity contribution in [3.05, 3.63) is 0 Å². The smallest absolute Gasteiger partial charge is 0.326 e. The number of aliphatic carboxylic acids is 1. The van der Waals surface area contributed by atoms with Gasteiger partial charge in [-0.2, -0.15) is 0 Å². The predicted octanol–water partition coefficient (Wildman–Crippen LogP) is 2.61. The number of rotatable bonds is 6. The van der Waals surface area contributed by atoms with Gasteiger partial charge in [-0.25, -0.2) is 9.59 Å². The Labute approximate surface area is 116 Å². The third kappa shape index (κ3) is 7.70. The molecule has 2 atom stereocenters. The molecular weight excluding hydrogens is 244 g/mol. The molecule has 2 amide bonds. The van der Waals surface area contributed by atoms with Gasteiger partial charge in [0.1, 0.15) is 6.04 Å². The molecule has 0 aliphatic heterocycles. The maximum atomic E-state index is 11.8. The fraction of sp³-hybridized carbons (Fsp3) is 0.857. The van der Waals surface area contributed by atoms with E-state index >= 15 is 0 Å². The van der Waals surface area contributed by atoms with E-state index in [2.05, 4.69) is 24.5 Å². The van der Waals surface area contributed by atoms with Gasteiger partial charge in [-0.1, -0.05) is 34.6 Å². The monoisotopic (exact) mass is 272 g/mol. The van der Waals surface area contributed by atoms with Gasteiger partial charge in [0.15, 0.2) is 0 Å². The highest BCUT2D eigenvalue weighted by Crippen LogP contribution is 2.19. The minimum Gasteiger partial charge on any atom is -0.480 e. The second kappa shape index (κ2) is 7.36. The Morgan fingerprint density at radius 1 is 1.05 bits per heavy atom. The van der Waals surface area contributed by atoms with Crippen LogP contribution in [0.25, 0.3) is 0 Å². The van der Waals surface area contributed by atoms with E-state index in [1.807, 2.05) is 6.92 Å². The molecule has 19 heavy (non-hydrogen) atoms. The number of urea groups is 1. The van der Waals surface area contributed by atoms with Crippen LogP contribution in [0.3, 0.4) is 0 Å². The zero-order chi connectivity index (χ0) is 15.2. The lowest BCUT2D eigenvalue weighted by Crippen LogP contribution is -2.53. The van der Waals surface area contributed by atoms with Crippen molar-refractivity contribution >= 4 is 12.0 Å². The van der Waals surface area contributed by atoms with Gasteiger partial charge in [0.2, 0.25) is 0 Å².